The molecule has 1 aliphatic heterocycles. The molecule has 198 valence electrons. The summed E-state index contributed by atoms with van der Waals surface area (Å²) in [5, 5.41) is 3.29. The Bertz CT molecular complexity index is 1500. The highest BCUT2D eigenvalue weighted by Gasteiger charge is 2.47. The first-order valence-corrected chi connectivity index (χ1v) is 12.7. The molecule has 1 aromatic heterocycles. The van der Waals surface area contributed by atoms with E-state index >= 15 is 0 Å². The van der Waals surface area contributed by atoms with Gasteiger partial charge >= 0.3 is 11.5 Å². The number of anilines is 1. The number of hydrogen-bond donors (Lipinski definition) is 1. The van der Waals surface area contributed by atoms with E-state index in [4.69, 9.17) is 11.6 Å². The molecular formula is C24H18ClF3N4O5S. The fourth-order valence-corrected chi connectivity index (χ4v) is 4.52. The van der Waals surface area contributed by atoms with Gasteiger partial charge in [0.2, 0.25) is 0 Å². The van der Waals surface area contributed by atoms with Gasteiger partial charge in [-0.1, -0.05) is 23.7 Å². The van der Waals surface area contributed by atoms with Crippen molar-refractivity contribution in [3.05, 3.63) is 88.7 Å². The summed E-state index contributed by atoms with van der Waals surface area (Å²) < 4.78 is 61.4. The second-order valence-corrected chi connectivity index (χ2v) is 10.5. The minimum Gasteiger partial charge on any atom is -0.347 e. The van der Waals surface area contributed by atoms with Gasteiger partial charge in [0.05, 0.1) is 10.6 Å². The van der Waals surface area contributed by atoms with Gasteiger partial charge in [0, 0.05) is 24.3 Å². The van der Waals surface area contributed by atoms with Crippen molar-refractivity contribution >= 4 is 45.0 Å². The number of amides is 4. The lowest BCUT2D eigenvalue weighted by Crippen LogP contribution is -2.33. The molecule has 3 aromatic rings. The normalized spacial score (nSPS) is 14.2. The summed E-state index contributed by atoms with van der Waals surface area (Å²) in [6.07, 6.45) is 1.38. The fraction of sp³-hybridized carbons (Fsp3) is 0.167. The van der Waals surface area contributed by atoms with Crippen LogP contribution in [0.15, 0.2) is 71.8 Å². The highest BCUT2D eigenvalue weighted by molar-refractivity contribution is 7.92. The Labute approximate surface area is 219 Å². The smallest absolute Gasteiger partial charge is 0.347 e. The number of pyridine rings is 1. The van der Waals surface area contributed by atoms with Crippen LogP contribution in [-0.2, 0) is 27.7 Å². The number of alkyl halides is 3. The van der Waals surface area contributed by atoms with E-state index in [0.717, 1.165) is 22.6 Å². The summed E-state index contributed by atoms with van der Waals surface area (Å²) in [7, 11) is -5.57. The van der Waals surface area contributed by atoms with E-state index in [1.807, 2.05) is 0 Å². The molecule has 1 N–H and O–H groups in total. The van der Waals surface area contributed by atoms with Gasteiger partial charge in [-0.25, -0.2) is 18.1 Å². The van der Waals surface area contributed by atoms with Crippen molar-refractivity contribution in [1.82, 2.24) is 15.2 Å². The SMILES string of the molecule is O=C(NCc1ccc(Cl)cc1)c1cc(CN2CC(=O)N(c3ccc(S(=O)(=O)C(F)(F)F)cc3)C2=O)ccn1. The van der Waals surface area contributed by atoms with Crippen LogP contribution in [0.2, 0.25) is 5.02 Å². The van der Waals surface area contributed by atoms with Gasteiger partial charge in [-0.3, -0.25) is 14.6 Å². The van der Waals surface area contributed by atoms with E-state index in [1.165, 1.54) is 17.2 Å². The second-order valence-electron chi connectivity index (χ2n) is 8.17. The second kappa shape index (κ2) is 10.4. The van der Waals surface area contributed by atoms with Crippen molar-refractivity contribution in [1.29, 1.82) is 0 Å². The molecule has 1 fully saturated rings. The van der Waals surface area contributed by atoms with E-state index in [-0.39, 0.29) is 31.0 Å². The van der Waals surface area contributed by atoms with E-state index in [0.29, 0.717) is 22.7 Å². The number of rotatable bonds is 7. The number of nitrogens with zero attached hydrogens (tertiary/aromatic N) is 3. The first kappa shape index (κ1) is 27.1. The maximum absolute atomic E-state index is 12.9. The Hall–Kier alpha value is -3.97. The largest absolute Gasteiger partial charge is 0.501 e. The van der Waals surface area contributed by atoms with E-state index < -0.39 is 38.1 Å². The zero-order valence-corrected chi connectivity index (χ0v) is 20.8. The predicted molar refractivity (Wildman–Crippen MR) is 130 cm³/mol. The molecule has 9 nitrogen and oxygen atoms in total. The van der Waals surface area contributed by atoms with Gasteiger partial charge in [-0.2, -0.15) is 13.2 Å². The molecule has 1 saturated heterocycles. The minimum absolute atomic E-state index is 0.0540. The topological polar surface area (TPSA) is 117 Å². The quantitative estimate of drug-likeness (QED) is 0.433. The number of aromatic nitrogens is 1. The lowest BCUT2D eigenvalue weighted by atomic mass is 10.2. The van der Waals surface area contributed by atoms with E-state index in [9.17, 15) is 36.0 Å². The summed E-state index contributed by atoms with van der Waals surface area (Å²) in [4.78, 5) is 42.9. The highest BCUT2D eigenvalue weighted by Crippen LogP contribution is 2.32. The van der Waals surface area contributed by atoms with Crippen LogP contribution in [0.5, 0.6) is 0 Å². The standard InChI is InChI=1S/C24H18ClF3N4O5S/c25-17-3-1-15(2-4-17)12-30-22(34)20-11-16(9-10-29-20)13-31-14-21(33)32(23(31)35)18-5-7-19(8-6-18)38(36,37)24(26,27)28/h1-11H,12-14H2,(H,30,34). The molecule has 0 aliphatic carbocycles. The number of sulfone groups is 1. The predicted octanol–water partition coefficient (Wildman–Crippen LogP) is 3.93. The van der Waals surface area contributed by atoms with Crippen molar-refractivity contribution in [3.63, 3.8) is 0 Å². The van der Waals surface area contributed by atoms with Crippen molar-refractivity contribution < 1.29 is 36.0 Å². The summed E-state index contributed by atoms with van der Waals surface area (Å²) >= 11 is 5.85. The van der Waals surface area contributed by atoms with Gasteiger partial charge < -0.3 is 10.2 Å². The van der Waals surface area contributed by atoms with Crippen LogP contribution in [0.25, 0.3) is 0 Å². The number of carbonyl (C=O) groups is 3. The Balaban J connectivity index is 1.43. The third kappa shape index (κ3) is 5.63. The molecule has 2 heterocycles. The molecule has 1 aliphatic rings. The summed E-state index contributed by atoms with van der Waals surface area (Å²) in [5.74, 6) is -1.11. The number of carbonyl (C=O) groups excluding carboxylic acids is 3. The monoisotopic (exact) mass is 566 g/mol. The minimum atomic E-state index is -5.57. The maximum Gasteiger partial charge on any atom is 0.501 e. The molecule has 0 bridgehead atoms. The third-order valence-corrected chi connectivity index (χ3v) is 7.30. The van der Waals surface area contributed by atoms with E-state index in [1.54, 1.807) is 30.3 Å². The van der Waals surface area contributed by atoms with Crippen LogP contribution in [0.3, 0.4) is 0 Å². The summed E-state index contributed by atoms with van der Waals surface area (Å²) in [6.45, 7) is -0.150. The lowest BCUT2D eigenvalue weighted by molar-refractivity contribution is -0.116. The van der Waals surface area contributed by atoms with Crippen molar-refractivity contribution in [2.75, 3.05) is 11.4 Å². The van der Waals surface area contributed by atoms with Crippen LogP contribution in [0, 0.1) is 0 Å². The van der Waals surface area contributed by atoms with Crippen LogP contribution in [0.1, 0.15) is 21.6 Å². The molecule has 4 amide bonds. The number of hydrogen-bond acceptors (Lipinski definition) is 6. The Kier molecular flexibility index (Phi) is 7.42. The number of nitrogens with one attached hydrogen (secondary N) is 1. The molecular weight excluding hydrogens is 549 g/mol. The summed E-state index contributed by atoms with van der Waals surface area (Å²) in [5.41, 5.74) is -4.15. The Morgan fingerprint density at radius 1 is 1.00 bits per heavy atom. The summed E-state index contributed by atoms with van der Waals surface area (Å²) in [6, 6.07) is 12.4. The van der Waals surface area contributed by atoms with Crippen LogP contribution in [0.4, 0.5) is 23.7 Å². The molecule has 0 spiro atoms. The van der Waals surface area contributed by atoms with Gasteiger partial charge in [-0.15, -0.1) is 0 Å². The average molecular weight is 567 g/mol. The van der Waals surface area contributed by atoms with Crippen molar-refractivity contribution in [2.24, 2.45) is 0 Å². The van der Waals surface area contributed by atoms with Gasteiger partial charge in [0.1, 0.15) is 12.2 Å². The van der Waals surface area contributed by atoms with Crippen LogP contribution >= 0.6 is 11.6 Å². The van der Waals surface area contributed by atoms with Crippen LogP contribution in [-0.4, -0.2) is 48.2 Å². The zero-order chi connectivity index (χ0) is 27.7. The molecule has 4 rings (SSSR count). The highest BCUT2D eigenvalue weighted by atomic mass is 35.5. The van der Waals surface area contributed by atoms with Crippen molar-refractivity contribution in [3.8, 4) is 0 Å². The molecule has 0 unspecified atom stereocenters. The average Bonchev–Trinajstić information content (AvgIpc) is 3.15. The molecule has 0 saturated carbocycles. The molecule has 0 radical (unpaired) electrons. The van der Waals surface area contributed by atoms with Crippen molar-refractivity contribution in [2.45, 2.75) is 23.5 Å². The Morgan fingerprint density at radius 2 is 1.66 bits per heavy atom. The zero-order valence-electron chi connectivity index (χ0n) is 19.3. The first-order valence-electron chi connectivity index (χ1n) is 10.9. The molecule has 14 heteroatoms. The lowest BCUT2D eigenvalue weighted by Gasteiger charge is -2.18. The van der Waals surface area contributed by atoms with Gasteiger partial charge in [0.25, 0.3) is 21.7 Å². The van der Waals surface area contributed by atoms with Gasteiger partial charge in [0.15, 0.2) is 0 Å². The molecule has 38 heavy (non-hydrogen) atoms. The Morgan fingerprint density at radius 3 is 2.29 bits per heavy atom. The molecule has 0 atom stereocenters. The third-order valence-electron chi connectivity index (χ3n) is 5.54. The maximum atomic E-state index is 12.9. The van der Waals surface area contributed by atoms with Crippen LogP contribution < -0.4 is 10.2 Å². The number of imide groups is 1. The molecule has 2 aromatic carbocycles. The number of benzene rings is 2. The van der Waals surface area contributed by atoms with Gasteiger partial charge in [-0.05, 0) is 59.7 Å². The number of urea groups is 1. The first-order chi connectivity index (χ1) is 17.9. The fourth-order valence-electron chi connectivity index (χ4n) is 3.63. The van der Waals surface area contributed by atoms with E-state index in [2.05, 4.69) is 10.3 Å². The number of halogens is 4.